The highest BCUT2D eigenvalue weighted by Crippen LogP contribution is 2.35. The number of hydrogen-bond donors (Lipinski definition) is 3. The van der Waals surface area contributed by atoms with E-state index < -0.39 is 29.5 Å². The minimum Gasteiger partial charge on any atom is -0.481 e. The Kier molecular flexibility index (Phi) is 4.12. The third-order valence-electron chi connectivity index (χ3n) is 3.89. The lowest BCUT2D eigenvalue weighted by atomic mass is 9.74. The highest BCUT2D eigenvalue weighted by atomic mass is 16.5. The van der Waals surface area contributed by atoms with E-state index in [1.54, 1.807) is 0 Å². The van der Waals surface area contributed by atoms with Gasteiger partial charge in [0, 0.05) is 6.54 Å². The number of ether oxygens (including phenoxy) is 1. The summed E-state index contributed by atoms with van der Waals surface area (Å²) < 4.78 is 5.14. The third-order valence-corrected chi connectivity index (χ3v) is 3.89. The molecule has 2 rings (SSSR count). The first-order valence-corrected chi connectivity index (χ1v) is 6.61. The summed E-state index contributed by atoms with van der Waals surface area (Å²) in [7, 11) is 0. The van der Waals surface area contributed by atoms with Crippen LogP contribution in [0, 0.1) is 0 Å². The second-order valence-corrected chi connectivity index (χ2v) is 5.32. The highest BCUT2D eigenvalue weighted by molar-refractivity contribution is 5.86. The summed E-state index contributed by atoms with van der Waals surface area (Å²) in [5, 5.41) is 11.7. The average Bonchev–Trinajstić information content (AvgIpc) is 2.35. The van der Waals surface area contributed by atoms with Crippen molar-refractivity contribution in [1.82, 2.24) is 10.2 Å². The molecular formula is C12H19N3O5. The van der Waals surface area contributed by atoms with Gasteiger partial charge in [0.05, 0.1) is 25.2 Å². The Morgan fingerprint density at radius 2 is 2.10 bits per heavy atom. The Morgan fingerprint density at radius 3 is 2.60 bits per heavy atom. The summed E-state index contributed by atoms with van der Waals surface area (Å²) in [4.78, 5) is 35.8. The number of amides is 3. The number of nitrogens with one attached hydrogen (secondary N) is 1. The number of nitrogens with zero attached hydrogens (tertiary/aromatic N) is 1. The molecule has 20 heavy (non-hydrogen) atoms. The zero-order valence-electron chi connectivity index (χ0n) is 11.1. The van der Waals surface area contributed by atoms with E-state index in [4.69, 9.17) is 15.6 Å². The van der Waals surface area contributed by atoms with Gasteiger partial charge in [0.1, 0.15) is 6.04 Å². The Labute approximate surface area is 116 Å². The van der Waals surface area contributed by atoms with Crippen molar-refractivity contribution < 1.29 is 24.2 Å². The molecule has 3 amide bonds. The summed E-state index contributed by atoms with van der Waals surface area (Å²) in [5.74, 6) is -1.57. The first-order valence-electron chi connectivity index (χ1n) is 6.61. The zero-order chi connectivity index (χ0) is 14.8. The SMILES string of the molecule is NC(=O)C1COCCN1C(=O)NC1(CC(=O)O)CCC1. The first-order chi connectivity index (χ1) is 9.43. The van der Waals surface area contributed by atoms with Crippen molar-refractivity contribution in [2.45, 2.75) is 37.3 Å². The van der Waals surface area contributed by atoms with E-state index in [1.807, 2.05) is 0 Å². The first kappa shape index (κ1) is 14.6. The number of carboxylic acids is 1. The Hall–Kier alpha value is -1.83. The van der Waals surface area contributed by atoms with Crippen molar-refractivity contribution in [3.05, 3.63) is 0 Å². The average molecular weight is 285 g/mol. The lowest BCUT2D eigenvalue weighted by molar-refractivity contribution is -0.139. The van der Waals surface area contributed by atoms with E-state index in [0.717, 1.165) is 6.42 Å². The number of morpholine rings is 1. The highest BCUT2D eigenvalue weighted by Gasteiger charge is 2.42. The second kappa shape index (κ2) is 5.66. The molecule has 1 atom stereocenters. The lowest BCUT2D eigenvalue weighted by Crippen LogP contribution is -2.63. The molecule has 0 aromatic carbocycles. The molecule has 0 bridgehead atoms. The van der Waals surface area contributed by atoms with Gasteiger partial charge in [-0.05, 0) is 19.3 Å². The lowest BCUT2D eigenvalue weighted by Gasteiger charge is -2.44. The number of carbonyl (C=O) groups excluding carboxylic acids is 2. The van der Waals surface area contributed by atoms with Crippen LogP contribution in [-0.4, -0.2) is 59.3 Å². The number of urea groups is 1. The molecule has 1 aliphatic carbocycles. The molecule has 8 heteroatoms. The Balaban J connectivity index is 2.02. The van der Waals surface area contributed by atoms with E-state index in [-0.39, 0.29) is 19.6 Å². The van der Waals surface area contributed by atoms with Gasteiger partial charge in [0.2, 0.25) is 5.91 Å². The van der Waals surface area contributed by atoms with E-state index in [2.05, 4.69) is 5.32 Å². The third kappa shape index (κ3) is 3.01. The van der Waals surface area contributed by atoms with Crippen LogP contribution in [0.5, 0.6) is 0 Å². The summed E-state index contributed by atoms with van der Waals surface area (Å²) in [6, 6.07) is -1.25. The van der Waals surface area contributed by atoms with Crippen molar-refractivity contribution in [2.75, 3.05) is 19.8 Å². The fraction of sp³-hybridized carbons (Fsp3) is 0.750. The van der Waals surface area contributed by atoms with Crippen LogP contribution in [0.15, 0.2) is 0 Å². The molecule has 112 valence electrons. The van der Waals surface area contributed by atoms with Gasteiger partial charge in [-0.1, -0.05) is 0 Å². The van der Waals surface area contributed by atoms with Gasteiger partial charge in [-0.25, -0.2) is 4.79 Å². The molecule has 0 radical (unpaired) electrons. The molecular weight excluding hydrogens is 266 g/mol. The molecule has 2 fully saturated rings. The summed E-state index contributed by atoms with van der Waals surface area (Å²) >= 11 is 0. The molecule has 2 aliphatic rings. The van der Waals surface area contributed by atoms with E-state index in [0.29, 0.717) is 19.4 Å². The van der Waals surface area contributed by atoms with Gasteiger partial charge in [0.15, 0.2) is 0 Å². The van der Waals surface area contributed by atoms with E-state index in [9.17, 15) is 14.4 Å². The van der Waals surface area contributed by atoms with Crippen LogP contribution >= 0.6 is 0 Å². The van der Waals surface area contributed by atoms with Crippen molar-refractivity contribution >= 4 is 17.9 Å². The molecule has 8 nitrogen and oxygen atoms in total. The molecule has 0 aromatic rings. The van der Waals surface area contributed by atoms with Crippen LogP contribution in [-0.2, 0) is 14.3 Å². The number of nitrogens with two attached hydrogens (primary N) is 1. The van der Waals surface area contributed by atoms with Crippen LogP contribution in [0.3, 0.4) is 0 Å². The molecule has 1 unspecified atom stereocenters. The maximum atomic E-state index is 12.3. The number of carbonyl (C=O) groups is 3. The zero-order valence-corrected chi connectivity index (χ0v) is 11.1. The monoisotopic (exact) mass is 285 g/mol. The molecule has 1 saturated carbocycles. The van der Waals surface area contributed by atoms with Crippen LogP contribution in [0.4, 0.5) is 4.79 Å². The molecule has 1 aliphatic heterocycles. The Morgan fingerprint density at radius 1 is 1.40 bits per heavy atom. The number of hydrogen-bond acceptors (Lipinski definition) is 4. The van der Waals surface area contributed by atoms with Gasteiger partial charge in [0.25, 0.3) is 0 Å². The van der Waals surface area contributed by atoms with Gasteiger partial charge >= 0.3 is 12.0 Å². The quantitative estimate of drug-likeness (QED) is 0.629. The topological polar surface area (TPSA) is 122 Å². The summed E-state index contributed by atoms with van der Waals surface area (Å²) in [6.07, 6.45) is 2.05. The minimum absolute atomic E-state index is 0.0781. The van der Waals surface area contributed by atoms with Gasteiger partial charge in [-0.15, -0.1) is 0 Å². The van der Waals surface area contributed by atoms with Crippen LogP contribution in [0.25, 0.3) is 0 Å². The van der Waals surface area contributed by atoms with E-state index >= 15 is 0 Å². The predicted molar refractivity (Wildman–Crippen MR) is 67.9 cm³/mol. The number of aliphatic carboxylic acids is 1. The normalized spacial score (nSPS) is 24.6. The molecule has 0 spiro atoms. The summed E-state index contributed by atoms with van der Waals surface area (Å²) in [5.41, 5.74) is 4.56. The maximum Gasteiger partial charge on any atom is 0.318 e. The fourth-order valence-corrected chi connectivity index (χ4v) is 2.62. The molecule has 0 aromatic heterocycles. The standard InChI is InChI=1S/C12H19N3O5/c13-10(18)8-7-20-5-4-15(8)11(19)14-12(2-1-3-12)6-9(16)17/h8H,1-7H2,(H2,13,18)(H,14,19)(H,16,17). The number of primary amides is 1. The Bertz CT molecular complexity index is 421. The smallest absolute Gasteiger partial charge is 0.318 e. The van der Waals surface area contributed by atoms with Gasteiger partial charge < -0.3 is 25.8 Å². The number of rotatable bonds is 4. The predicted octanol–water partition coefficient (Wildman–Crippen LogP) is -0.720. The minimum atomic E-state index is -0.946. The number of carboxylic acid groups (broad SMARTS) is 1. The van der Waals surface area contributed by atoms with Crippen molar-refractivity contribution in [3.63, 3.8) is 0 Å². The second-order valence-electron chi connectivity index (χ2n) is 5.32. The van der Waals surface area contributed by atoms with Crippen LogP contribution in [0.2, 0.25) is 0 Å². The maximum absolute atomic E-state index is 12.3. The molecule has 1 heterocycles. The van der Waals surface area contributed by atoms with E-state index in [1.165, 1.54) is 4.90 Å². The van der Waals surface area contributed by atoms with Crippen molar-refractivity contribution in [2.24, 2.45) is 5.73 Å². The fourth-order valence-electron chi connectivity index (χ4n) is 2.62. The van der Waals surface area contributed by atoms with Crippen molar-refractivity contribution in [3.8, 4) is 0 Å². The van der Waals surface area contributed by atoms with Crippen molar-refractivity contribution in [1.29, 1.82) is 0 Å². The molecule has 1 saturated heterocycles. The molecule has 4 N–H and O–H groups in total. The largest absolute Gasteiger partial charge is 0.481 e. The van der Waals surface area contributed by atoms with Crippen LogP contribution in [0.1, 0.15) is 25.7 Å². The van der Waals surface area contributed by atoms with Gasteiger partial charge in [-0.2, -0.15) is 0 Å². The van der Waals surface area contributed by atoms with Crippen LogP contribution < -0.4 is 11.1 Å². The summed E-state index contributed by atoms with van der Waals surface area (Å²) in [6.45, 7) is 0.681. The van der Waals surface area contributed by atoms with Gasteiger partial charge in [-0.3, -0.25) is 9.59 Å².